The van der Waals surface area contributed by atoms with Gasteiger partial charge >= 0.3 is 0 Å². The molecule has 0 aliphatic carbocycles. The molecule has 0 aliphatic rings. The van der Waals surface area contributed by atoms with Crippen LogP contribution in [0, 0.1) is 0 Å². The summed E-state index contributed by atoms with van der Waals surface area (Å²) >= 11 is 8.11. The first-order valence-corrected chi connectivity index (χ1v) is 7.87. The zero-order chi connectivity index (χ0) is 14.3. The molecule has 1 atom stereocenters. The van der Waals surface area contributed by atoms with Crippen LogP contribution < -0.4 is 14.8 Å². The third kappa shape index (κ3) is 5.13. The van der Waals surface area contributed by atoms with E-state index in [9.17, 15) is 0 Å². The van der Waals surface area contributed by atoms with Crippen molar-refractivity contribution in [1.82, 2.24) is 5.32 Å². The van der Waals surface area contributed by atoms with Crippen LogP contribution >= 0.6 is 23.4 Å². The summed E-state index contributed by atoms with van der Waals surface area (Å²) in [6.07, 6.45) is 0. The first kappa shape index (κ1) is 16.5. The van der Waals surface area contributed by atoms with Crippen molar-refractivity contribution in [3.05, 3.63) is 22.7 Å². The van der Waals surface area contributed by atoms with Gasteiger partial charge in [-0.1, -0.05) is 18.5 Å². The van der Waals surface area contributed by atoms with E-state index >= 15 is 0 Å². The highest BCUT2D eigenvalue weighted by Crippen LogP contribution is 2.35. The van der Waals surface area contributed by atoms with Crippen molar-refractivity contribution in [3.8, 4) is 11.5 Å². The van der Waals surface area contributed by atoms with Crippen LogP contribution in [0.25, 0.3) is 0 Å². The Balaban J connectivity index is 2.66. The summed E-state index contributed by atoms with van der Waals surface area (Å²) in [7, 11) is 3.21. The van der Waals surface area contributed by atoms with Gasteiger partial charge in [-0.15, -0.1) is 0 Å². The third-order valence-electron chi connectivity index (χ3n) is 2.72. The predicted molar refractivity (Wildman–Crippen MR) is 83.9 cm³/mol. The number of thioether (sulfide) groups is 1. The summed E-state index contributed by atoms with van der Waals surface area (Å²) in [6.45, 7) is 5.13. The maximum atomic E-state index is 6.18. The zero-order valence-electron chi connectivity index (χ0n) is 12.0. The number of rotatable bonds is 8. The van der Waals surface area contributed by atoms with E-state index in [0.29, 0.717) is 22.6 Å². The molecule has 0 aliphatic heterocycles. The van der Waals surface area contributed by atoms with E-state index in [1.54, 1.807) is 14.2 Å². The van der Waals surface area contributed by atoms with Gasteiger partial charge in [-0.05, 0) is 30.4 Å². The smallest absolute Gasteiger partial charge is 0.179 e. The molecule has 0 radical (unpaired) electrons. The molecule has 0 aromatic heterocycles. The molecule has 0 amide bonds. The fraction of sp³-hybridized carbons (Fsp3) is 0.571. The van der Waals surface area contributed by atoms with Gasteiger partial charge in [0.15, 0.2) is 11.5 Å². The lowest BCUT2D eigenvalue weighted by Crippen LogP contribution is -2.27. The Morgan fingerprint density at radius 1 is 1.32 bits per heavy atom. The summed E-state index contributed by atoms with van der Waals surface area (Å²) < 4.78 is 10.5. The van der Waals surface area contributed by atoms with Gasteiger partial charge in [-0.3, -0.25) is 0 Å². The van der Waals surface area contributed by atoms with Gasteiger partial charge in [0.2, 0.25) is 0 Å². The van der Waals surface area contributed by atoms with Crippen molar-refractivity contribution in [2.45, 2.75) is 26.4 Å². The highest BCUT2D eigenvalue weighted by atomic mass is 35.5. The van der Waals surface area contributed by atoms with Crippen LogP contribution in [0.2, 0.25) is 5.02 Å². The average Bonchev–Trinajstić information content (AvgIpc) is 2.42. The summed E-state index contributed by atoms with van der Waals surface area (Å²) in [5.74, 6) is 3.51. The standard InChI is InChI=1S/C14H22ClNO2S/c1-5-19-9-10(2)16-8-11-6-12(15)14(18-4)13(7-11)17-3/h6-7,10,16H,5,8-9H2,1-4H3. The highest BCUT2D eigenvalue weighted by Gasteiger charge is 2.11. The topological polar surface area (TPSA) is 30.5 Å². The molecule has 108 valence electrons. The van der Waals surface area contributed by atoms with E-state index in [0.717, 1.165) is 23.6 Å². The van der Waals surface area contributed by atoms with Crippen molar-refractivity contribution in [2.24, 2.45) is 0 Å². The Morgan fingerprint density at radius 3 is 2.63 bits per heavy atom. The fourth-order valence-corrected chi connectivity index (χ4v) is 2.74. The molecule has 0 bridgehead atoms. The molecule has 1 aromatic carbocycles. The number of halogens is 1. The molecular weight excluding hydrogens is 282 g/mol. The molecule has 1 aromatic rings. The second-order valence-electron chi connectivity index (χ2n) is 4.25. The van der Waals surface area contributed by atoms with E-state index in [1.807, 2.05) is 23.9 Å². The molecule has 3 nitrogen and oxygen atoms in total. The van der Waals surface area contributed by atoms with E-state index < -0.39 is 0 Å². The van der Waals surface area contributed by atoms with Gasteiger partial charge in [0, 0.05) is 18.3 Å². The van der Waals surface area contributed by atoms with Crippen molar-refractivity contribution in [1.29, 1.82) is 0 Å². The van der Waals surface area contributed by atoms with Crippen LogP contribution in [0.3, 0.4) is 0 Å². The van der Waals surface area contributed by atoms with Crippen LogP contribution in [-0.2, 0) is 6.54 Å². The minimum atomic E-state index is 0.469. The molecule has 1 unspecified atom stereocenters. The molecule has 5 heteroatoms. The normalized spacial score (nSPS) is 12.3. The van der Waals surface area contributed by atoms with E-state index in [-0.39, 0.29) is 0 Å². The Kier molecular flexibility index (Phi) is 7.42. The third-order valence-corrected chi connectivity index (χ3v) is 4.14. The van der Waals surface area contributed by atoms with Crippen molar-refractivity contribution < 1.29 is 9.47 Å². The van der Waals surface area contributed by atoms with E-state index in [1.165, 1.54) is 0 Å². The van der Waals surface area contributed by atoms with Crippen LogP contribution in [0.15, 0.2) is 12.1 Å². The van der Waals surface area contributed by atoms with Crippen LogP contribution in [0.4, 0.5) is 0 Å². The Morgan fingerprint density at radius 2 is 2.05 bits per heavy atom. The highest BCUT2D eigenvalue weighted by molar-refractivity contribution is 7.99. The summed E-state index contributed by atoms with van der Waals surface area (Å²) in [6, 6.07) is 4.34. The number of hydrogen-bond donors (Lipinski definition) is 1. The van der Waals surface area contributed by atoms with Gasteiger partial charge in [-0.2, -0.15) is 11.8 Å². The molecule has 1 N–H and O–H groups in total. The van der Waals surface area contributed by atoms with Gasteiger partial charge in [0.25, 0.3) is 0 Å². The zero-order valence-corrected chi connectivity index (χ0v) is 13.5. The number of nitrogens with one attached hydrogen (secondary N) is 1. The fourth-order valence-electron chi connectivity index (χ4n) is 1.72. The van der Waals surface area contributed by atoms with Gasteiger partial charge in [0.1, 0.15) is 0 Å². The molecule has 0 fully saturated rings. The maximum absolute atomic E-state index is 6.18. The minimum absolute atomic E-state index is 0.469. The van der Waals surface area contributed by atoms with Crippen molar-refractivity contribution in [3.63, 3.8) is 0 Å². The Bertz CT molecular complexity index is 401. The summed E-state index contributed by atoms with van der Waals surface area (Å²) in [5.41, 5.74) is 1.09. The quantitative estimate of drug-likeness (QED) is 0.795. The Labute approximate surface area is 125 Å². The first-order chi connectivity index (χ1) is 9.12. The van der Waals surface area contributed by atoms with Crippen molar-refractivity contribution >= 4 is 23.4 Å². The van der Waals surface area contributed by atoms with Crippen LogP contribution in [-0.4, -0.2) is 31.8 Å². The van der Waals surface area contributed by atoms with E-state index in [2.05, 4.69) is 19.2 Å². The van der Waals surface area contributed by atoms with Crippen LogP contribution in [0.5, 0.6) is 11.5 Å². The van der Waals surface area contributed by atoms with Crippen LogP contribution in [0.1, 0.15) is 19.4 Å². The number of hydrogen-bond acceptors (Lipinski definition) is 4. The van der Waals surface area contributed by atoms with Crippen molar-refractivity contribution in [2.75, 3.05) is 25.7 Å². The van der Waals surface area contributed by atoms with E-state index in [4.69, 9.17) is 21.1 Å². The van der Waals surface area contributed by atoms with Gasteiger partial charge < -0.3 is 14.8 Å². The number of benzene rings is 1. The lowest BCUT2D eigenvalue weighted by atomic mass is 10.2. The lowest BCUT2D eigenvalue weighted by molar-refractivity contribution is 0.354. The molecule has 0 saturated heterocycles. The molecule has 1 rings (SSSR count). The predicted octanol–water partition coefficient (Wildman–Crippen LogP) is 3.59. The summed E-state index contributed by atoms with van der Waals surface area (Å²) in [5, 5.41) is 4.05. The largest absolute Gasteiger partial charge is 0.493 e. The first-order valence-electron chi connectivity index (χ1n) is 6.33. The summed E-state index contributed by atoms with van der Waals surface area (Å²) in [4.78, 5) is 0. The number of methoxy groups -OCH3 is 2. The molecular formula is C14H22ClNO2S. The second-order valence-corrected chi connectivity index (χ2v) is 5.98. The molecule has 0 heterocycles. The molecule has 19 heavy (non-hydrogen) atoms. The lowest BCUT2D eigenvalue weighted by Gasteiger charge is -2.15. The Hall–Kier alpha value is -0.580. The SMILES string of the molecule is CCSCC(C)NCc1cc(Cl)c(OC)c(OC)c1. The van der Waals surface area contributed by atoms with Gasteiger partial charge in [-0.25, -0.2) is 0 Å². The monoisotopic (exact) mass is 303 g/mol. The second kappa shape index (κ2) is 8.56. The molecule has 0 spiro atoms. The maximum Gasteiger partial charge on any atom is 0.179 e. The average molecular weight is 304 g/mol. The van der Waals surface area contributed by atoms with Gasteiger partial charge in [0.05, 0.1) is 19.2 Å². The number of ether oxygens (including phenoxy) is 2. The molecule has 0 saturated carbocycles. The minimum Gasteiger partial charge on any atom is -0.493 e.